The summed E-state index contributed by atoms with van der Waals surface area (Å²) in [6.07, 6.45) is 0. The number of nitrogens with one attached hydrogen (secondary N) is 1. The molecule has 0 saturated carbocycles. The van der Waals surface area contributed by atoms with Crippen molar-refractivity contribution in [3.8, 4) is 0 Å². The maximum absolute atomic E-state index is 12.1. The van der Waals surface area contributed by atoms with Crippen LogP contribution >= 0.6 is 0 Å². The zero-order valence-corrected chi connectivity index (χ0v) is 10.6. The van der Waals surface area contributed by atoms with E-state index in [-0.39, 0.29) is 11.3 Å². The Balaban J connectivity index is 2.80. The first-order chi connectivity index (χ1) is 7.06. The molecule has 0 bridgehead atoms. The van der Waals surface area contributed by atoms with Gasteiger partial charge in [0.25, 0.3) is 0 Å². The lowest BCUT2D eigenvalue weighted by molar-refractivity contribution is 0.584. The summed E-state index contributed by atoms with van der Waals surface area (Å²) in [5, 5.41) is 3.26. The Morgan fingerprint density at radius 2 is 1.73 bits per heavy atom. The zero-order valence-electron chi connectivity index (χ0n) is 9.78. The van der Waals surface area contributed by atoms with Crippen LogP contribution in [0.3, 0.4) is 0 Å². The van der Waals surface area contributed by atoms with E-state index in [4.69, 9.17) is 0 Å². The van der Waals surface area contributed by atoms with E-state index < -0.39 is 10.8 Å². The third-order valence-electron chi connectivity index (χ3n) is 2.75. The molecule has 3 heteroatoms. The highest BCUT2D eigenvalue weighted by molar-refractivity contribution is 7.85. The predicted octanol–water partition coefficient (Wildman–Crippen LogP) is 2.10. The van der Waals surface area contributed by atoms with Gasteiger partial charge in [0.2, 0.25) is 0 Å². The lowest BCUT2D eigenvalue weighted by atomic mass is 10.2. The van der Waals surface area contributed by atoms with Crippen molar-refractivity contribution in [3.63, 3.8) is 0 Å². The predicted molar refractivity (Wildman–Crippen MR) is 65.6 cm³/mol. The molecule has 84 valence electrons. The van der Waals surface area contributed by atoms with E-state index in [1.165, 1.54) is 5.56 Å². The second-order valence-corrected chi connectivity index (χ2v) is 5.70. The van der Waals surface area contributed by atoms with Crippen molar-refractivity contribution >= 4 is 10.8 Å². The molecular weight excluding hydrogens is 206 g/mol. The minimum absolute atomic E-state index is 0.123. The Kier molecular flexibility index (Phi) is 4.48. The van der Waals surface area contributed by atoms with Crippen molar-refractivity contribution in [3.05, 3.63) is 29.8 Å². The molecule has 0 aliphatic heterocycles. The molecule has 3 atom stereocenters. The molecule has 15 heavy (non-hydrogen) atoms. The highest BCUT2D eigenvalue weighted by Gasteiger charge is 2.18. The maximum Gasteiger partial charge on any atom is 0.0573 e. The van der Waals surface area contributed by atoms with Gasteiger partial charge in [0.05, 0.1) is 16.0 Å². The van der Waals surface area contributed by atoms with Crippen LogP contribution in [0.15, 0.2) is 29.2 Å². The largest absolute Gasteiger partial charge is 0.316 e. The van der Waals surface area contributed by atoms with Gasteiger partial charge in [0, 0.05) is 10.9 Å². The molecule has 0 amide bonds. The van der Waals surface area contributed by atoms with Gasteiger partial charge in [0.1, 0.15) is 0 Å². The van der Waals surface area contributed by atoms with Gasteiger partial charge in [-0.25, -0.2) is 0 Å². The van der Waals surface area contributed by atoms with Gasteiger partial charge in [-0.1, -0.05) is 17.7 Å². The van der Waals surface area contributed by atoms with Crippen LogP contribution < -0.4 is 5.32 Å². The van der Waals surface area contributed by atoms with Crippen LogP contribution in [0.1, 0.15) is 19.4 Å². The van der Waals surface area contributed by atoms with Crippen molar-refractivity contribution in [2.75, 3.05) is 7.05 Å². The molecule has 1 aromatic rings. The molecule has 3 unspecified atom stereocenters. The third kappa shape index (κ3) is 3.14. The Hall–Kier alpha value is -0.670. The molecule has 0 radical (unpaired) electrons. The molecule has 1 rings (SSSR count). The highest BCUT2D eigenvalue weighted by Crippen LogP contribution is 2.14. The summed E-state index contributed by atoms with van der Waals surface area (Å²) in [6.45, 7) is 6.10. The van der Waals surface area contributed by atoms with Crippen LogP contribution in [-0.2, 0) is 10.8 Å². The molecule has 0 fully saturated rings. The number of benzene rings is 1. The average Bonchev–Trinajstić information content (AvgIpc) is 2.27. The molecule has 0 saturated heterocycles. The fraction of sp³-hybridized carbons (Fsp3) is 0.500. The summed E-state index contributed by atoms with van der Waals surface area (Å²) < 4.78 is 12.1. The normalized spacial score (nSPS) is 17.1. The van der Waals surface area contributed by atoms with E-state index in [1.807, 2.05) is 45.2 Å². The smallest absolute Gasteiger partial charge is 0.0573 e. The van der Waals surface area contributed by atoms with Gasteiger partial charge in [-0.05, 0) is 40.0 Å². The molecule has 0 aliphatic rings. The summed E-state index contributed by atoms with van der Waals surface area (Å²) in [4.78, 5) is 0.912. The summed E-state index contributed by atoms with van der Waals surface area (Å²) >= 11 is 0. The van der Waals surface area contributed by atoms with Gasteiger partial charge in [-0.2, -0.15) is 0 Å². The van der Waals surface area contributed by atoms with E-state index >= 15 is 0 Å². The van der Waals surface area contributed by atoms with Crippen molar-refractivity contribution in [2.45, 2.75) is 37.0 Å². The monoisotopic (exact) mass is 225 g/mol. The van der Waals surface area contributed by atoms with E-state index in [1.54, 1.807) is 0 Å². The number of hydrogen-bond donors (Lipinski definition) is 1. The minimum atomic E-state index is -0.929. The van der Waals surface area contributed by atoms with Crippen molar-refractivity contribution in [1.29, 1.82) is 0 Å². The van der Waals surface area contributed by atoms with Crippen LogP contribution in [0, 0.1) is 6.92 Å². The molecule has 0 spiro atoms. The molecular formula is C12H19NOS. The SMILES string of the molecule is CNC(C)C(C)S(=O)c1ccc(C)cc1. The lowest BCUT2D eigenvalue weighted by Crippen LogP contribution is -2.35. The van der Waals surface area contributed by atoms with Gasteiger partial charge in [-0.3, -0.25) is 4.21 Å². The Morgan fingerprint density at radius 3 is 2.20 bits per heavy atom. The highest BCUT2D eigenvalue weighted by atomic mass is 32.2. The second-order valence-electron chi connectivity index (χ2n) is 3.89. The van der Waals surface area contributed by atoms with Gasteiger partial charge >= 0.3 is 0 Å². The van der Waals surface area contributed by atoms with E-state index in [2.05, 4.69) is 12.2 Å². The standard InChI is InChI=1S/C12H19NOS/c1-9-5-7-12(8-6-9)15(14)11(3)10(2)13-4/h5-8,10-11,13H,1-4H3. The molecule has 0 heterocycles. The van der Waals surface area contributed by atoms with Crippen LogP contribution in [0.4, 0.5) is 0 Å². The zero-order chi connectivity index (χ0) is 11.4. The average molecular weight is 225 g/mol. The molecule has 0 aromatic heterocycles. The Morgan fingerprint density at radius 1 is 1.20 bits per heavy atom. The van der Waals surface area contributed by atoms with Crippen molar-refractivity contribution in [2.24, 2.45) is 0 Å². The number of aryl methyl sites for hydroxylation is 1. The van der Waals surface area contributed by atoms with Crippen LogP contribution in [-0.4, -0.2) is 22.5 Å². The van der Waals surface area contributed by atoms with E-state index in [9.17, 15) is 4.21 Å². The van der Waals surface area contributed by atoms with Gasteiger partial charge < -0.3 is 5.32 Å². The van der Waals surface area contributed by atoms with Crippen LogP contribution in [0.5, 0.6) is 0 Å². The third-order valence-corrected chi connectivity index (χ3v) is 4.57. The number of hydrogen-bond acceptors (Lipinski definition) is 2. The Labute approximate surface area is 94.5 Å². The van der Waals surface area contributed by atoms with E-state index in [0.717, 1.165) is 4.90 Å². The molecule has 1 N–H and O–H groups in total. The van der Waals surface area contributed by atoms with Crippen LogP contribution in [0.2, 0.25) is 0 Å². The fourth-order valence-electron chi connectivity index (χ4n) is 1.31. The van der Waals surface area contributed by atoms with Crippen molar-refractivity contribution in [1.82, 2.24) is 5.32 Å². The summed E-state index contributed by atoms with van der Waals surface area (Å²) in [5.41, 5.74) is 1.20. The van der Waals surface area contributed by atoms with Gasteiger partial charge in [-0.15, -0.1) is 0 Å². The first-order valence-corrected chi connectivity index (χ1v) is 6.42. The first-order valence-electron chi connectivity index (χ1n) is 5.20. The summed E-state index contributed by atoms with van der Waals surface area (Å²) in [7, 11) is 0.967. The van der Waals surface area contributed by atoms with Crippen molar-refractivity contribution < 1.29 is 4.21 Å². The van der Waals surface area contributed by atoms with E-state index in [0.29, 0.717) is 0 Å². The lowest BCUT2D eigenvalue weighted by Gasteiger charge is -2.18. The quantitative estimate of drug-likeness (QED) is 0.850. The summed E-state index contributed by atoms with van der Waals surface area (Å²) in [5.74, 6) is 0. The minimum Gasteiger partial charge on any atom is -0.316 e. The molecule has 1 aromatic carbocycles. The van der Waals surface area contributed by atoms with Gasteiger partial charge in [0.15, 0.2) is 0 Å². The Bertz CT molecular complexity index is 334. The number of rotatable bonds is 4. The molecule has 2 nitrogen and oxygen atoms in total. The topological polar surface area (TPSA) is 29.1 Å². The summed E-state index contributed by atoms with van der Waals surface area (Å²) in [6, 6.07) is 8.16. The fourth-order valence-corrected chi connectivity index (χ4v) is 2.65. The molecule has 0 aliphatic carbocycles. The maximum atomic E-state index is 12.1. The van der Waals surface area contributed by atoms with Crippen LogP contribution in [0.25, 0.3) is 0 Å². The second kappa shape index (κ2) is 5.42. The first kappa shape index (κ1) is 12.4.